The zero-order valence-corrected chi connectivity index (χ0v) is 16.4. The second-order valence-corrected chi connectivity index (χ2v) is 8.24. The number of nitrogens with zero attached hydrogens (tertiary/aromatic N) is 2. The van der Waals surface area contributed by atoms with E-state index in [0.29, 0.717) is 22.9 Å². The third kappa shape index (κ3) is 3.12. The number of carbonyl (C=O) groups excluding carboxylic acids is 3. The van der Waals surface area contributed by atoms with Crippen LogP contribution in [0.15, 0.2) is 47.5 Å². The molecule has 7 nitrogen and oxygen atoms in total. The molecule has 2 aromatic rings. The molecule has 1 aromatic heterocycles. The molecule has 1 saturated heterocycles. The Labute approximate surface area is 170 Å². The minimum absolute atomic E-state index is 0.128. The molecule has 0 saturated carbocycles. The van der Waals surface area contributed by atoms with E-state index in [-0.39, 0.29) is 12.3 Å². The van der Waals surface area contributed by atoms with Crippen LogP contribution in [0.3, 0.4) is 0 Å². The normalized spacial score (nSPS) is 21.1. The van der Waals surface area contributed by atoms with Crippen molar-refractivity contribution in [3.05, 3.63) is 47.6 Å². The van der Waals surface area contributed by atoms with Crippen molar-refractivity contribution in [3.63, 3.8) is 0 Å². The van der Waals surface area contributed by atoms with Crippen molar-refractivity contribution in [1.82, 2.24) is 4.98 Å². The Bertz CT molecular complexity index is 968. The summed E-state index contributed by atoms with van der Waals surface area (Å²) in [6.45, 7) is 1.48. The van der Waals surface area contributed by atoms with Gasteiger partial charge in [0.15, 0.2) is 11.0 Å². The van der Waals surface area contributed by atoms with Gasteiger partial charge in [-0.1, -0.05) is 35.5 Å². The highest BCUT2D eigenvalue weighted by atomic mass is 35.5. The number of amides is 2. The highest BCUT2D eigenvalue weighted by molar-refractivity contribution is 8.02. The van der Waals surface area contributed by atoms with Gasteiger partial charge in [0.05, 0.1) is 10.7 Å². The Morgan fingerprint density at radius 2 is 2.11 bits per heavy atom. The maximum absolute atomic E-state index is 13.0. The summed E-state index contributed by atoms with van der Waals surface area (Å²) in [6, 6.07) is 10.5. The van der Waals surface area contributed by atoms with Crippen LogP contribution in [0.1, 0.15) is 19.8 Å². The molecule has 144 valence electrons. The van der Waals surface area contributed by atoms with Gasteiger partial charge in [-0.25, -0.2) is 9.78 Å². The minimum atomic E-state index is -1.16. The Hall–Kier alpha value is -2.58. The Kier molecular flexibility index (Phi) is 4.76. The fourth-order valence-corrected chi connectivity index (χ4v) is 4.77. The van der Waals surface area contributed by atoms with E-state index >= 15 is 0 Å². The Morgan fingerprint density at radius 1 is 1.32 bits per heavy atom. The summed E-state index contributed by atoms with van der Waals surface area (Å²) in [4.78, 5) is 43.0. The van der Waals surface area contributed by atoms with E-state index in [1.165, 1.54) is 29.8 Å². The molecule has 0 radical (unpaired) electrons. The predicted octanol–water partition coefficient (Wildman–Crippen LogP) is 3.23. The highest BCUT2D eigenvalue weighted by Gasteiger charge is 2.58. The van der Waals surface area contributed by atoms with Crippen LogP contribution in [0.25, 0.3) is 0 Å². The van der Waals surface area contributed by atoms with Gasteiger partial charge in [0.2, 0.25) is 5.91 Å². The van der Waals surface area contributed by atoms with Gasteiger partial charge >= 0.3 is 5.97 Å². The van der Waals surface area contributed by atoms with E-state index in [0.717, 1.165) is 4.90 Å². The number of aromatic nitrogens is 1. The van der Waals surface area contributed by atoms with Gasteiger partial charge < -0.3 is 10.1 Å². The van der Waals surface area contributed by atoms with Crippen molar-refractivity contribution in [1.29, 1.82) is 0 Å². The first-order valence-electron chi connectivity index (χ1n) is 8.65. The van der Waals surface area contributed by atoms with Crippen LogP contribution in [0.5, 0.6) is 0 Å². The number of fused-ring (bicyclic) bond motifs is 3. The summed E-state index contributed by atoms with van der Waals surface area (Å²) in [5.41, 5.74) is 0.703. The molecule has 0 unspecified atom stereocenters. The molecule has 1 fully saturated rings. The van der Waals surface area contributed by atoms with Gasteiger partial charge in [-0.2, -0.15) is 0 Å². The summed E-state index contributed by atoms with van der Waals surface area (Å²) in [5, 5.41) is 3.02. The highest BCUT2D eigenvalue weighted by Crippen LogP contribution is 2.56. The van der Waals surface area contributed by atoms with E-state index in [2.05, 4.69) is 10.3 Å². The molecule has 28 heavy (non-hydrogen) atoms. The van der Waals surface area contributed by atoms with Crippen LogP contribution in [-0.4, -0.2) is 33.7 Å². The van der Waals surface area contributed by atoms with Gasteiger partial charge in [-0.15, -0.1) is 0 Å². The fourth-order valence-electron chi connectivity index (χ4n) is 3.26. The lowest BCUT2D eigenvalue weighted by atomic mass is 10.2. The number of rotatable bonds is 4. The van der Waals surface area contributed by atoms with Crippen molar-refractivity contribution in [2.45, 2.75) is 35.6 Å². The van der Waals surface area contributed by atoms with Crippen LogP contribution < -0.4 is 10.2 Å². The van der Waals surface area contributed by atoms with Gasteiger partial charge in [0.1, 0.15) is 5.82 Å². The average molecular weight is 418 g/mol. The molecular weight excluding hydrogens is 402 g/mol. The van der Waals surface area contributed by atoms with E-state index < -0.39 is 22.9 Å². The number of esters is 1. The minimum Gasteiger partial charge on any atom is -0.450 e. The monoisotopic (exact) mass is 417 g/mol. The fraction of sp³-hybridized carbons (Fsp3) is 0.263. The van der Waals surface area contributed by atoms with Gasteiger partial charge in [-0.3, -0.25) is 14.5 Å². The van der Waals surface area contributed by atoms with Crippen molar-refractivity contribution in [3.8, 4) is 0 Å². The molecule has 0 aliphatic carbocycles. The molecule has 1 N–H and O–H groups in total. The number of carbonyl (C=O) groups is 3. The second kappa shape index (κ2) is 7.10. The molecular formula is C19H16ClN3O4S. The van der Waals surface area contributed by atoms with Crippen molar-refractivity contribution in [2.75, 3.05) is 10.2 Å². The molecule has 2 aliphatic heterocycles. The summed E-state index contributed by atoms with van der Waals surface area (Å²) in [6.07, 6.45) is 0.936. The number of ether oxygens (including phenoxy) is 1. The lowest BCUT2D eigenvalue weighted by Gasteiger charge is -2.29. The van der Waals surface area contributed by atoms with Crippen molar-refractivity contribution in [2.24, 2.45) is 0 Å². The quantitative estimate of drug-likeness (QED) is 0.768. The molecule has 4 rings (SSSR count). The molecule has 2 aliphatic rings. The number of hydrogen-bond acceptors (Lipinski definition) is 6. The number of pyridine rings is 1. The smallest absolute Gasteiger partial charge is 0.344 e. The summed E-state index contributed by atoms with van der Waals surface area (Å²) < 4.78 is 5.46. The predicted molar refractivity (Wildman–Crippen MR) is 105 cm³/mol. The van der Waals surface area contributed by atoms with Crippen molar-refractivity contribution < 1.29 is 19.1 Å². The summed E-state index contributed by atoms with van der Waals surface area (Å²) in [5.74, 6) is -0.949. The first kappa shape index (κ1) is 18.8. The van der Waals surface area contributed by atoms with Crippen LogP contribution in [0.4, 0.5) is 11.5 Å². The first-order valence-corrected chi connectivity index (χ1v) is 9.85. The van der Waals surface area contributed by atoms with Crippen LogP contribution in [0, 0.1) is 0 Å². The number of halogens is 1. The zero-order valence-electron chi connectivity index (χ0n) is 14.8. The third-order valence-corrected chi connectivity index (χ3v) is 6.30. The lowest BCUT2D eigenvalue weighted by Crippen LogP contribution is -2.49. The van der Waals surface area contributed by atoms with E-state index in [1.54, 1.807) is 12.1 Å². The largest absolute Gasteiger partial charge is 0.450 e. The van der Waals surface area contributed by atoms with Crippen LogP contribution in [-0.2, 0) is 19.1 Å². The number of anilines is 2. The molecule has 2 amide bonds. The molecule has 2 atom stereocenters. The number of para-hydroxylation sites is 1. The SMILES string of the molecule is C[C@@H](OC(=O)[C@]12CCC(=O)N1c1ccccc1S2)C(=O)Nc1ccc(Cl)cn1. The standard InChI is InChI=1S/C19H16ClN3O4S/c1-11(17(25)22-15-7-6-12(20)10-21-15)27-18(26)19-9-8-16(24)23(19)13-4-2-3-5-14(13)28-19/h2-7,10-11H,8-9H2,1H3,(H,21,22,25)/t11-,19-/m1/s1. The second-order valence-electron chi connectivity index (χ2n) is 6.48. The Balaban J connectivity index is 1.49. The molecule has 9 heteroatoms. The van der Waals surface area contributed by atoms with Gasteiger partial charge in [0, 0.05) is 23.9 Å². The third-order valence-electron chi connectivity index (χ3n) is 4.62. The lowest BCUT2D eigenvalue weighted by molar-refractivity contribution is -0.155. The molecule has 0 spiro atoms. The topological polar surface area (TPSA) is 88.6 Å². The first-order chi connectivity index (χ1) is 13.4. The van der Waals surface area contributed by atoms with Crippen molar-refractivity contribution >= 4 is 52.7 Å². The van der Waals surface area contributed by atoms with Crippen LogP contribution >= 0.6 is 23.4 Å². The number of nitrogens with one attached hydrogen (secondary N) is 1. The van der Waals surface area contributed by atoms with E-state index in [4.69, 9.17) is 16.3 Å². The van der Waals surface area contributed by atoms with E-state index in [9.17, 15) is 14.4 Å². The molecule has 3 heterocycles. The maximum Gasteiger partial charge on any atom is 0.344 e. The number of hydrogen-bond donors (Lipinski definition) is 1. The van der Waals surface area contributed by atoms with Crippen LogP contribution in [0.2, 0.25) is 5.02 Å². The van der Waals surface area contributed by atoms with Gasteiger partial charge in [-0.05, 0) is 31.2 Å². The molecule has 1 aromatic carbocycles. The Morgan fingerprint density at radius 3 is 2.86 bits per heavy atom. The number of benzene rings is 1. The summed E-state index contributed by atoms with van der Waals surface area (Å²) >= 11 is 7.07. The average Bonchev–Trinajstić information content (AvgIpc) is 3.19. The zero-order chi connectivity index (χ0) is 19.9. The number of thioether (sulfide) groups is 1. The summed E-state index contributed by atoms with van der Waals surface area (Å²) in [7, 11) is 0. The van der Waals surface area contributed by atoms with E-state index in [1.807, 2.05) is 24.3 Å². The van der Waals surface area contributed by atoms with Gasteiger partial charge in [0.25, 0.3) is 5.91 Å². The molecule has 0 bridgehead atoms. The maximum atomic E-state index is 13.0.